The number of amides is 1. The van der Waals surface area contributed by atoms with Gasteiger partial charge in [0.1, 0.15) is 5.82 Å². The standard InChI is InChI=1S/C17H13ClFN3O4/c18-10-1-2-11-13(14(10)19)17(26-16(25)21-11)4-6-22(8-17)12-7-9(15(23)24)3-5-20-12/h1-3,5,7H,4,6,8H2,(H,21,25)(H,23,24)/t17-/m1/s1. The third-order valence-electron chi connectivity index (χ3n) is 4.62. The number of carboxylic acids is 1. The summed E-state index contributed by atoms with van der Waals surface area (Å²) in [6, 6.07) is 5.73. The molecule has 2 aliphatic rings. The van der Waals surface area contributed by atoms with Crippen molar-refractivity contribution in [3.8, 4) is 0 Å². The number of rotatable bonds is 2. The van der Waals surface area contributed by atoms with Gasteiger partial charge in [-0.1, -0.05) is 11.6 Å². The highest BCUT2D eigenvalue weighted by atomic mass is 35.5. The van der Waals surface area contributed by atoms with E-state index in [1.165, 1.54) is 30.5 Å². The Balaban J connectivity index is 1.74. The van der Waals surface area contributed by atoms with Crippen LogP contribution in [0.2, 0.25) is 5.02 Å². The van der Waals surface area contributed by atoms with E-state index in [-0.39, 0.29) is 22.7 Å². The summed E-state index contributed by atoms with van der Waals surface area (Å²) in [6.45, 7) is 0.551. The molecule has 4 rings (SSSR count). The molecule has 1 saturated heterocycles. The van der Waals surface area contributed by atoms with Crippen LogP contribution in [0.3, 0.4) is 0 Å². The lowest BCUT2D eigenvalue weighted by Gasteiger charge is -2.35. The Morgan fingerprint density at radius 1 is 1.42 bits per heavy atom. The molecule has 1 amide bonds. The number of hydrogen-bond donors (Lipinski definition) is 2. The molecule has 26 heavy (non-hydrogen) atoms. The summed E-state index contributed by atoms with van der Waals surface area (Å²) in [7, 11) is 0. The molecule has 1 aromatic heterocycles. The number of halogens is 2. The van der Waals surface area contributed by atoms with E-state index in [1.54, 1.807) is 4.90 Å². The molecule has 7 nitrogen and oxygen atoms in total. The van der Waals surface area contributed by atoms with Crippen molar-refractivity contribution < 1.29 is 23.8 Å². The highest BCUT2D eigenvalue weighted by Crippen LogP contribution is 2.46. The number of carbonyl (C=O) groups is 2. The number of nitrogens with one attached hydrogen (secondary N) is 1. The lowest BCUT2D eigenvalue weighted by atomic mass is 9.89. The van der Waals surface area contributed by atoms with Crippen molar-refractivity contribution in [3.05, 3.63) is 52.4 Å². The smallest absolute Gasteiger partial charge is 0.412 e. The number of aromatic carboxylic acids is 1. The summed E-state index contributed by atoms with van der Waals surface area (Å²) < 4.78 is 20.2. The van der Waals surface area contributed by atoms with Gasteiger partial charge in [0.05, 0.1) is 28.4 Å². The van der Waals surface area contributed by atoms with Crippen molar-refractivity contribution >= 4 is 35.2 Å². The first kappa shape index (κ1) is 16.6. The highest BCUT2D eigenvalue weighted by molar-refractivity contribution is 6.31. The van der Waals surface area contributed by atoms with E-state index in [4.69, 9.17) is 21.4 Å². The molecule has 2 aliphatic heterocycles. The molecule has 9 heteroatoms. The molecule has 0 saturated carbocycles. The second-order valence-corrected chi connectivity index (χ2v) is 6.58. The summed E-state index contributed by atoms with van der Waals surface area (Å²) in [4.78, 5) is 29.1. The minimum atomic E-state index is -1.21. The molecule has 2 N–H and O–H groups in total. The number of pyridine rings is 1. The average molecular weight is 378 g/mol. The van der Waals surface area contributed by atoms with Crippen molar-refractivity contribution in [1.82, 2.24) is 4.98 Å². The van der Waals surface area contributed by atoms with E-state index in [9.17, 15) is 14.0 Å². The van der Waals surface area contributed by atoms with E-state index in [1.807, 2.05) is 0 Å². The number of nitrogens with zero attached hydrogens (tertiary/aromatic N) is 2. The number of aromatic nitrogens is 1. The predicted molar refractivity (Wildman–Crippen MR) is 91.2 cm³/mol. The van der Waals surface area contributed by atoms with Gasteiger partial charge in [-0.25, -0.2) is 19.0 Å². The molecular formula is C17H13ClFN3O4. The lowest BCUT2D eigenvalue weighted by Crippen LogP contribution is -2.42. The number of hydrogen-bond acceptors (Lipinski definition) is 5. The summed E-state index contributed by atoms with van der Waals surface area (Å²) >= 11 is 5.92. The Kier molecular flexibility index (Phi) is 3.73. The van der Waals surface area contributed by atoms with Crippen LogP contribution in [-0.2, 0) is 10.3 Å². The number of ether oxygens (including phenoxy) is 1. The molecule has 134 valence electrons. The van der Waals surface area contributed by atoms with Crippen molar-refractivity contribution in [2.75, 3.05) is 23.3 Å². The van der Waals surface area contributed by atoms with E-state index in [0.717, 1.165) is 0 Å². The zero-order valence-corrected chi connectivity index (χ0v) is 14.1. The largest absolute Gasteiger partial charge is 0.478 e. The number of anilines is 2. The van der Waals surface area contributed by atoms with Crippen LogP contribution in [0.25, 0.3) is 0 Å². The summed E-state index contributed by atoms with van der Waals surface area (Å²) in [5.74, 6) is -1.29. The van der Waals surface area contributed by atoms with Crippen molar-refractivity contribution in [2.45, 2.75) is 12.0 Å². The van der Waals surface area contributed by atoms with Gasteiger partial charge in [0, 0.05) is 19.2 Å². The van der Waals surface area contributed by atoms with Crippen molar-refractivity contribution in [3.63, 3.8) is 0 Å². The van der Waals surface area contributed by atoms with Crippen LogP contribution in [0, 0.1) is 5.82 Å². The van der Waals surface area contributed by atoms with E-state index < -0.39 is 23.5 Å². The Morgan fingerprint density at radius 3 is 3.00 bits per heavy atom. The summed E-state index contributed by atoms with van der Waals surface area (Å²) in [6.07, 6.45) is 1.04. The van der Waals surface area contributed by atoms with Crippen molar-refractivity contribution in [1.29, 1.82) is 0 Å². The van der Waals surface area contributed by atoms with Gasteiger partial charge < -0.3 is 14.7 Å². The summed E-state index contributed by atoms with van der Waals surface area (Å²) in [5.41, 5.74) is -0.611. The Labute approximate surface area is 152 Å². The molecule has 1 aromatic carbocycles. The first-order valence-corrected chi connectivity index (χ1v) is 8.20. The maximum atomic E-state index is 14.7. The third-order valence-corrected chi connectivity index (χ3v) is 4.92. The minimum Gasteiger partial charge on any atom is -0.478 e. The monoisotopic (exact) mass is 377 g/mol. The van der Waals surface area contributed by atoms with Gasteiger partial charge in [-0.3, -0.25) is 5.32 Å². The number of fused-ring (bicyclic) bond motifs is 2. The Morgan fingerprint density at radius 2 is 2.23 bits per heavy atom. The Bertz CT molecular complexity index is 938. The molecule has 1 spiro atoms. The SMILES string of the molecule is O=C1Nc2ccc(Cl)c(F)c2[C@]2(CCN(c3cc(C(=O)O)ccn3)C2)O1. The van der Waals surface area contributed by atoms with Crippen LogP contribution >= 0.6 is 11.6 Å². The zero-order chi connectivity index (χ0) is 18.5. The molecule has 0 aliphatic carbocycles. The van der Waals surface area contributed by atoms with Gasteiger partial charge in [0.25, 0.3) is 0 Å². The molecule has 3 heterocycles. The molecule has 1 fully saturated rings. The van der Waals surface area contributed by atoms with Crippen LogP contribution < -0.4 is 10.2 Å². The Hall–Kier alpha value is -2.87. The fourth-order valence-corrected chi connectivity index (χ4v) is 3.61. The van der Waals surface area contributed by atoms with Gasteiger partial charge in [0.15, 0.2) is 11.4 Å². The average Bonchev–Trinajstić information content (AvgIpc) is 3.02. The van der Waals surface area contributed by atoms with Crippen LogP contribution in [0.1, 0.15) is 22.3 Å². The summed E-state index contributed by atoms with van der Waals surface area (Å²) in [5, 5.41) is 11.6. The number of carbonyl (C=O) groups excluding carboxylic acids is 1. The maximum absolute atomic E-state index is 14.7. The van der Waals surface area contributed by atoms with Crippen LogP contribution in [0.5, 0.6) is 0 Å². The van der Waals surface area contributed by atoms with E-state index in [0.29, 0.717) is 24.5 Å². The fraction of sp³-hybridized carbons (Fsp3) is 0.235. The van der Waals surface area contributed by atoms with Crippen LogP contribution in [-0.4, -0.2) is 35.2 Å². The van der Waals surface area contributed by atoms with Crippen LogP contribution in [0.4, 0.5) is 20.7 Å². The lowest BCUT2D eigenvalue weighted by molar-refractivity contribution is 0.0263. The first-order chi connectivity index (χ1) is 12.4. The van der Waals surface area contributed by atoms with Gasteiger partial charge in [-0.05, 0) is 24.3 Å². The molecule has 2 aromatic rings. The van der Waals surface area contributed by atoms with E-state index in [2.05, 4.69) is 10.3 Å². The fourth-order valence-electron chi connectivity index (χ4n) is 3.45. The normalized spacial score (nSPS) is 21.3. The van der Waals surface area contributed by atoms with Gasteiger partial charge in [-0.2, -0.15) is 0 Å². The topological polar surface area (TPSA) is 91.8 Å². The van der Waals surface area contributed by atoms with Gasteiger partial charge in [0.2, 0.25) is 0 Å². The number of carboxylic acid groups (broad SMARTS) is 1. The first-order valence-electron chi connectivity index (χ1n) is 7.82. The van der Waals surface area contributed by atoms with Crippen LogP contribution in [0.15, 0.2) is 30.5 Å². The van der Waals surface area contributed by atoms with Crippen molar-refractivity contribution in [2.24, 2.45) is 0 Å². The number of benzene rings is 1. The van der Waals surface area contributed by atoms with E-state index >= 15 is 0 Å². The predicted octanol–water partition coefficient (Wildman–Crippen LogP) is 3.24. The molecular weight excluding hydrogens is 365 g/mol. The minimum absolute atomic E-state index is 0.0627. The van der Waals surface area contributed by atoms with Gasteiger partial charge in [-0.15, -0.1) is 0 Å². The zero-order valence-electron chi connectivity index (χ0n) is 13.3. The highest BCUT2D eigenvalue weighted by Gasteiger charge is 2.50. The second-order valence-electron chi connectivity index (χ2n) is 6.17. The third kappa shape index (κ3) is 2.53. The molecule has 1 atom stereocenters. The maximum Gasteiger partial charge on any atom is 0.412 e. The molecule has 0 unspecified atom stereocenters. The second kappa shape index (κ2) is 5.84. The molecule has 0 radical (unpaired) electrons. The van der Waals surface area contributed by atoms with Gasteiger partial charge >= 0.3 is 12.1 Å². The quantitative estimate of drug-likeness (QED) is 0.834. The molecule has 0 bridgehead atoms.